The van der Waals surface area contributed by atoms with E-state index in [4.69, 9.17) is 10.5 Å². The Bertz CT molecular complexity index is 236. The van der Waals surface area contributed by atoms with E-state index in [1.54, 1.807) is 7.11 Å². The smallest absolute Gasteiger partial charge is 0.328 e. The predicted molar refractivity (Wildman–Crippen MR) is 65.4 cm³/mol. The van der Waals surface area contributed by atoms with Crippen molar-refractivity contribution in [3.8, 4) is 0 Å². The molecule has 1 atom stereocenters. The van der Waals surface area contributed by atoms with Gasteiger partial charge in [-0.1, -0.05) is 0 Å². The number of carbonyl (C=O) groups excluding carboxylic acids is 2. The van der Waals surface area contributed by atoms with E-state index in [-0.39, 0.29) is 18.1 Å². The van der Waals surface area contributed by atoms with Gasteiger partial charge in [0, 0.05) is 7.11 Å². The Morgan fingerprint density at radius 3 is 1.94 bits per heavy atom. The van der Waals surface area contributed by atoms with Crippen molar-refractivity contribution in [3.63, 3.8) is 0 Å². The molecule has 0 rings (SSSR count). The molecule has 0 aromatic rings. The number of ether oxygens (including phenoxy) is 2. The molecule has 0 spiro atoms. The highest BCUT2D eigenvalue weighted by Crippen LogP contribution is 2.02. The average Bonchev–Trinajstić information content (AvgIpc) is 2.27. The molecule has 0 bridgehead atoms. The molecule has 1 amide bonds. The maximum Gasteiger partial charge on any atom is 0.328 e. The summed E-state index contributed by atoms with van der Waals surface area (Å²) in [6.45, 7) is 7.47. The highest BCUT2D eigenvalue weighted by Gasteiger charge is 2.13. The molecular weight excluding hydrogens is 224 g/mol. The lowest BCUT2D eigenvalue weighted by Crippen LogP contribution is -2.42. The number of methoxy groups -OCH3 is 2. The number of nitrogens with one attached hydrogen (secondary N) is 1. The molecule has 0 aromatic heterocycles. The Hall–Kier alpha value is -1.14. The van der Waals surface area contributed by atoms with Crippen LogP contribution in [0, 0.1) is 0 Å². The van der Waals surface area contributed by atoms with Crippen molar-refractivity contribution in [2.45, 2.75) is 39.3 Å². The van der Waals surface area contributed by atoms with Crippen molar-refractivity contribution in [3.05, 3.63) is 0 Å². The van der Waals surface area contributed by atoms with Gasteiger partial charge in [0.2, 0.25) is 5.91 Å². The minimum Gasteiger partial charge on any atom is -0.467 e. The van der Waals surface area contributed by atoms with Crippen molar-refractivity contribution in [2.24, 2.45) is 5.73 Å². The number of rotatable bonds is 3. The molecule has 0 heterocycles. The Kier molecular flexibility index (Phi) is 9.60. The van der Waals surface area contributed by atoms with E-state index >= 15 is 0 Å². The summed E-state index contributed by atoms with van der Waals surface area (Å²) in [5.74, 6) is -0.852. The van der Waals surface area contributed by atoms with Gasteiger partial charge in [-0.05, 0) is 27.7 Å². The zero-order valence-electron chi connectivity index (χ0n) is 11.5. The molecule has 0 radical (unpaired) electrons. The van der Waals surface area contributed by atoms with Crippen molar-refractivity contribution >= 4 is 11.9 Å². The maximum atomic E-state index is 10.7. The molecule has 0 aliphatic carbocycles. The van der Waals surface area contributed by atoms with Gasteiger partial charge in [0.25, 0.3) is 0 Å². The summed E-state index contributed by atoms with van der Waals surface area (Å²) in [5.41, 5.74) is 5.04. The molecule has 0 unspecified atom stereocenters. The second kappa shape index (κ2) is 8.95. The first kappa shape index (κ1) is 18.2. The molecule has 0 aliphatic heterocycles. The van der Waals surface area contributed by atoms with Crippen LogP contribution in [0.25, 0.3) is 0 Å². The van der Waals surface area contributed by atoms with E-state index < -0.39 is 12.0 Å². The van der Waals surface area contributed by atoms with Gasteiger partial charge in [-0.3, -0.25) is 4.79 Å². The van der Waals surface area contributed by atoms with Crippen LogP contribution in [0.5, 0.6) is 0 Å². The van der Waals surface area contributed by atoms with Crippen LogP contribution in [0.15, 0.2) is 0 Å². The number of amides is 1. The molecule has 17 heavy (non-hydrogen) atoms. The lowest BCUT2D eigenvalue weighted by molar-refractivity contribution is -0.144. The number of hydrogen-bond donors (Lipinski definition) is 2. The van der Waals surface area contributed by atoms with Gasteiger partial charge in [-0.25, -0.2) is 4.79 Å². The fourth-order valence-corrected chi connectivity index (χ4v) is 0.536. The van der Waals surface area contributed by atoms with Crippen LogP contribution < -0.4 is 11.1 Å². The van der Waals surface area contributed by atoms with Crippen molar-refractivity contribution in [2.75, 3.05) is 20.8 Å². The highest BCUT2D eigenvalue weighted by atomic mass is 16.5. The van der Waals surface area contributed by atoms with Crippen LogP contribution in [-0.4, -0.2) is 44.3 Å². The average molecular weight is 248 g/mol. The van der Waals surface area contributed by atoms with E-state index in [2.05, 4.69) is 10.1 Å². The fourth-order valence-electron chi connectivity index (χ4n) is 0.536. The topological polar surface area (TPSA) is 90.7 Å². The second-order valence-electron chi connectivity index (χ2n) is 4.33. The molecule has 0 aromatic carbocycles. The third-order valence-corrected chi connectivity index (χ3v) is 1.73. The lowest BCUT2D eigenvalue weighted by Gasteiger charge is -2.14. The summed E-state index contributed by atoms with van der Waals surface area (Å²) in [7, 11) is 2.97. The minimum absolute atomic E-state index is 0.0417. The van der Waals surface area contributed by atoms with Crippen molar-refractivity contribution in [1.29, 1.82) is 0 Å². The van der Waals surface area contributed by atoms with Gasteiger partial charge in [0.1, 0.15) is 6.04 Å². The first-order chi connectivity index (χ1) is 7.67. The SMILES string of the molecule is COC(=O)[C@H](C)NC(=O)CN.COC(C)(C)C. The quantitative estimate of drug-likeness (QED) is 0.689. The van der Waals surface area contributed by atoms with Crippen molar-refractivity contribution in [1.82, 2.24) is 5.32 Å². The standard InChI is InChI=1S/C6H12N2O3.C5H12O/c1-4(6(10)11-2)8-5(9)3-7;1-5(2,3)6-4/h4H,3,7H2,1-2H3,(H,8,9);1-4H3/t4-;/m0./s1. The van der Waals surface area contributed by atoms with Crippen LogP contribution in [0.2, 0.25) is 0 Å². The third-order valence-electron chi connectivity index (χ3n) is 1.73. The van der Waals surface area contributed by atoms with Crippen molar-refractivity contribution < 1.29 is 19.1 Å². The number of nitrogens with two attached hydrogens (primary N) is 1. The van der Waals surface area contributed by atoms with Gasteiger partial charge >= 0.3 is 5.97 Å². The van der Waals surface area contributed by atoms with E-state index in [0.29, 0.717) is 0 Å². The Morgan fingerprint density at radius 2 is 1.71 bits per heavy atom. The molecule has 6 heteroatoms. The summed E-state index contributed by atoms with van der Waals surface area (Å²) in [6, 6.07) is -0.629. The molecule has 0 aliphatic rings. The number of esters is 1. The van der Waals surface area contributed by atoms with Crippen LogP contribution >= 0.6 is 0 Å². The molecule has 0 saturated heterocycles. The molecule has 3 N–H and O–H groups in total. The summed E-state index contributed by atoms with van der Waals surface area (Å²) in [4.78, 5) is 21.3. The predicted octanol–water partition coefficient (Wildman–Crippen LogP) is 0.0541. The first-order valence-corrected chi connectivity index (χ1v) is 5.30. The normalized spacial score (nSPS) is 11.9. The van der Waals surface area contributed by atoms with E-state index in [0.717, 1.165) is 0 Å². The molecule has 6 nitrogen and oxygen atoms in total. The monoisotopic (exact) mass is 248 g/mol. The summed E-state index contributed by atoms with van der Waals surface area (Å²) >= 11 is 0. The Balaban J connectivity index is 0. The third kappa shape index (κ3) is 12.8. The van der Waals surface area contributed by atoms with E-state index in [1.807, 2.05) is 20.8 Å². The van der Waals surface area contributed by atoms with Gasteiger partial charge < -0.3 is 20.5 Å². The number of carbonyl (C=O) groups is 2. The largest absolute Gasteiger partial charge is 0.467 e. The Labute approximate surface area is 103 Å². The van der Waals surface area contributed by atoms with Crippen LogP contribution in [0.4, 0.5) is 0 Å². The maximum absolute atomic E-state index is 10.7. The van der Waals surface area contributed by atoms with Crippen LogP contribution in [-0.2, 0) is 19.1 Å². The van der Waals surface area contributed by atoms with E-state index in [1.165, 1.54) is 14.0 Å². The second-order valence-corrected chi connectivity index (χ2v) is 4.33. The first-order valence-electron chi connectivity index (χ1n) is 5.30. The zero-order chi connectivity index (χ0) is 14.1. The van der Waals surface area contributed by atoms with Gasteiger partial charge in [0.05, 0.1) is 19.3 Å². The van der Waals surface area contributed by atoms with Gasteiger partial charge in [0.15, 0.2) is 0 Å². The van der Waals surface area contributed by atoms with Gasteiger partial charge in [-0.15, -0.1) is 0 Å². The fraction of sp³-hybridized carbons (Fsp3) is 0.818. The molecular formula is C11H24N2O4. The molecule has 102 valence electrons. The summed E-state index contributed by atoms with van der Waals surface area (Å²) in [5, 5.41) is 2.34. The molecule has 0 fully saturated rings. The highest BCUT2D eigenvalue weighted by molar-refractivity contribution is 5.84. The van der Waals surface area contributed by atoms with Gasteiger partial charge in [-0.2, -0.15) is 0 Å². The van der Waals surface area contributed by atoms with E-state index in [9.17, 15) is 9.59 Å². The minimum atomic E-state index is -0.629. The molecule has 0 saturated carbocycles. The Morgan fingerprint density at radius 1 is 1.29 bits per heavy atom. The van der Waals surface area contributed by atoms with Crippen LogP contribution in [0.1, 0.15) is 27.7 Å². The summed E-state index contributed by atoms with van der Waals surface area (Å²) < 4.78 is 9.30. The number of hydrogen-bond acceptors (Lipinski definition) is 5. The lowest BCUT2D eigenvalue weighted by atomic mass is 10.2. The van der Waals surface area contributed by atoms with Crippen LogP contribution in [0.3, 0.4) is 0 Å². The zero-order valence-corrected chi connectivity index (χ0v) is 11.5. The summed E-state index contributed by atoms with van der Waals surface area (Å²) in [6.07, 6.45) is 0.